The van der Waals surface area contributed by atoms with Crippen LogP contribution in [0.4, 0.5) is 18.9 Å². The summed E-state index contributed by atoms with van der Waals surface area (Å²) in [4.78, 5) is 3.74. The van der Waals surface area contributed by atoms with Crippen LogP contribution >= 0.6 is 11.8 Å². The van der Waals surface area contributed by atoms with Crippen LogP contribution in [0.5, 0.6) is 0 Å². The van der Waals surface area contributed by atoms with E-state index in [2.05, 4.69) is 4.98 Å². The molecule has 9 heteroatoms. The Balaban J connectivity index is 2.32. The van der Waals surface area contributed by atoms with Gasteiger partial charge in [-0.15, -0.1) is 0 Å². The normalized spacial score (nSPS) is 12.2. The summed E-state index contributed by atoms with van der Waals surface area (Å²) in [7, 11) is -3.86. The molecule has 0 fully saturated rings. The van der Waals surface area contributed by atoms with Gasteiger partial charge in [0.25, 0.3) is 10.0 Å². The second-order valence-corrected chi connectivity index (χ2v) is 7.40. The summed E-state index contributed by atoms with van der Waals surface area (Å²) in [5.41, 5.74) is -4.02. The summed E-state index contributed by atoms with van der Waals surface area (Å²) in [6.07, 6.45) is 2.93. The summed E-state index contributed by atoms with van der Waals surface area (Å²) < 4.78 is 63.3. The van der Waals surface area contributed by atoms with Crippen LogP contribution in [-0.2, 0) is 10.0 Å². The highest BCUT2D eigenvalue weighted by Crippen LogP contribution is 2.37. The minimum atomic E-state index is -4.41. The van der Waals surface area contributed by atoms with Crippen molar-refractivity contribution in [3.05, 3.63) is 48.8 Å². The molecule has 0 atom stereocenters. The molecule has 0 amide bonds. The summed E-state index contributed by atoms with van der Waals surface area (Å²) in [6.45, 7) is 1.84. The Kier molecular flexibility index (Phi) is 5.20. The lowest BCUT2D eigenvalue weighted by Gasteiger charge is -2.22. The van der Waals surface area contributed by atoms with Crippen LogP contribution in [-0.4, -0.2) is 25.5 Å². The van der Waals surface area contributed by atoms with Gasteiger partial charge in [-0.25, -0.2) is 8.42 Å². The van der Waals surface area contributed by atoms with Gasteiger partial charge >= 0.3 is 5.51 Å². The van der Waals surface area contributed by atoms with Crippen molar-refractivity contribution in [2.45, 2.75) is 22.2 Å². The molecule has 4 nitrogen and oxygen atoms in total. The van der Waals surface area contributed by atoms with Crippen molar-refractivity contribution in [3.63, 3.8) is 0 Å². The maximum atomic E-state index is 12.6. The number of alkyl halides is 3. The monoisotopic (exact) mass is 362 g/mol. The molecule has 1 heterocycles. The van der Waals surface area contributed by atoms with Crippen LogP contribution in [0.2, 0.25) is 0 Å². The van der Waals surface area contributed by atoms with Gasteiger partial charge in [-0.3, -0.25) is 9.29 Å². The number of anilines is 1. The van der Waals surface area contributed by atoms with Gasteiger partial charge in [-0.2, -0.15) is 13.2 Å². The molecule has 0 bridgehead atoms. The zero-order valence-corrected chi connectivity index (χ0v) is 13.6. The van der Waals surface area contributed by atoms with E-state index < -0.39 is 15.5 Å². The number of benzene rings is 1. The number of thioether (sulfide) groups is 1. The van der Waals surface area contributed by atoms with Crippen LogP contribution in [0.1, 0.15) is 6.92 Å². The van der Waals surface area contributed by atoms with E-state index in [1.807, 2.05) is 0 Å². The molecule has 0 saturated carbocycles. The lowest BCUT2D eigenvalue weighted by Crippen LogP contribution is -2.30. The van der Waals surface area contributed by atoms with E-state index in [1.54, 1.807) is 19.1 Å². The average Bonchev–Trinajstić information content (AvgIpc) is 2.47. The molecule has 0 N–H and O–H groups in total. The molecular formula is C14H13F3N2O2S2. The molecule has 1 aromatic carbocycles. The van der Waals surface area contributed by atoms with Crippen molar-refractivity contribution < 1.29 is 21.6 Å². The van der Waals surface area contributed by atoms with Crippen molar-refractivity contribution in [3.8, 4) is 0 Å². The summed E-state index contributed by atoms with van der Waals surface area (Å²) in [5.74, 6) is 0. The number of halogens is 3. The smallest absolute Gasteiger partial charge is 0.265 e. The van der Waals surface area contributed by atoms with Crippen molar-refractivity contribution in [2.24, 2.45) is 0 Å². The fourth-order valence-corrected chi connectivity index (χ4v) is 3.93. The first-order valence-electron chi connectivity index (χ1n) is 6.52. The maximum absolute atomic E-state index is 12.6. The minimum Gasteiger partial charge on any atom is -0.265 e. The quantitative estimate of drug-likeness (QED) is 0.757. The van der Waals surface area contributed by atoms with Crippen LogP contribution in [0.15, 0.2) is 58.6 Å². The molecular weight excluding hydrogens is 349 g/mol. The van der Waals surface area contributed by atoms with Crippen LogP contribution in [0, 0.1) is 0 Å². The van der Waals surface area contributed by atoms with Crippen molar-refractivity contribution in [1.82, 2.24) is 4.98 Å². The van der Waals surface area contributed by atoms with E-state index in [0.717, 1.165) is 16.4 Å². The van der Waals surface area contributed by atoms with Crippen molar-refractivity contribution in [1.29, 1.82) is 0 Å². The largest absolute Gasteiger partial charge is 0.446 e. The van der Waals surface area contributed by atoms with Gasteiger partial charge in [-0.1, -0.05) is 0 Å². The predicted octanol–water partition coefficient (Wildman–Crippen LogP) is 3.91. The Morgan fingerprint density at radius 3 is 2.30 bits per heavy atom. The van der Waals surface area contributed by atoms with E-state index in [1.165, 1.54) is 24.5 Å². The third-order valence-corrected chi connectivity index (χ3v) is 5.52. The van der Waals surface area contributed by atoms with Crippen LogP contribution < -0.4 is 4.31 Å². The van der Waals surface area contributed by atoms with Crippen molar-refractivity contribution >= 4 is 27.5 Å². The molecule has 0 aliphatic rings. The van der Waals surface area contributed by atoms with Crippen LogP contribution in [0.3, 0.4) is 0 Å². The zero-order valence-electron chi connectivity index (χ0n) is 12.0. The summed E-state index contributed by atoms with van der Waals surface area (Å²) in [5, 5.41) is 0. The maximum Gasteiger partial charge on any atom is 0.446 e. The van der Waals surface area contributed by atoms with E-state index in [0.29, 0.717) is 5.69 Å². The number of nitrogens with zero attached hydrogens (tertiary/aromatic N) is 2. The van der Waals surface area contributed by atoms with E-state index in [9.17, 15) is 21.6 Å². The molecule has 124 valence electrons. The molecule has 0 aliphatic heterocycles. The number of rotatable bonds is 5. The van der Waals surface area contributed by atoms with Gasteiger partial charge in [0.05, 0.1) is 16.8 Å². The Morgan fingerprint density at radius 1 is 1.17 bits per heavy atom. The first-order chi connectivity index (χ1) is 10.7. The molecule has 0 saturated heterocycles. The summed E-state index contributed by atoms with van der Waals surface area (Å²) in [6, 6.07) is 7.83. The van der Waals surface area contributed by atoms with E-state index >= 15 is 0 Å². The Morgan fingerprint density at radius 2 is 1.83 bits per heavy atom. The highest BCUT2D eigenvalue weighted by molar-refractivity contribution is 8.00. The van der Waals surface area contributed by atoms with Crippen LogP contribution in [0.25, 0.3) is 0 Å². The van der Waals surface area contributed by atoms with Gasteiger partial charge in [-0.05, 0) is 55.1 Å². The first kappa shape index (κ1) is 17.6. The Labute approximate surface area is 136 Å². The number of aromatic nitrogens is 1. The number of hydrogen-bond donors (Lipinski definition) is 0. The molecule has 2 rings (SSSR count). The second-order valence-electron chi connectivity index (χ2n) is 4.40. The van der Waals surface area contributed by atoms with E-state index in [-0.39, 0.29) is 28.1 Å². The molecule has 1 aromatic heterocycles. The molecule has 0 radical (unpaired) electrons. The fraction of sp³-hybridized carbons (Fsp3) is 0.214. The zero-order chi connectivity index (χ0) is 17.1. The average molecular weight is 362 g/mol. The Hall–Kier alpha value is -1.74. The third-order valence-electron chi connectivity index (χ3n) is 2.87. The predicted molar refractivity (Wildman–Crippen MR) is 82.8 cm³/mol. The Bertz CT molecular complexity index is 748. The highest BCUT2D eigenvalue weighted by Gasteiger charge is 2.30. The van der Waals surface area contributed by atoms with Gasteiger partial charge < -0.3 is 0 Å². The summed E-state index contributed by atoms with van der Waals surface area (Å²) >= 11 is -0.288. The van der Waals surface area contributed by atoms with Crippen molar-refractivity contribution in [2.75, 3.05) is 10.8 Å². The molecule has 2 aromatic rings. The van der Waals surface area contributed by atoms with Gasteiger partial charge in [0.2, 0.25) is 0 Å². The number of sulfonamides is 1. The topological polar surface area (TPSA) is 50.3 Å². The lowest BCUT2D eigenvalue weighted by molar-refractivity contribution is -0.0328. The molecule has 0 aliphatic carbocycles. The number of hydrogen-bond acceptors (Lipinski definition) is 4. The van der Waals surface area contributed by atoms with E-state index in [4.69, 9.17) is 0 Å². The second kappa shape index (κ2) is 6.79. The molecule has 23 heavy (non-hydrogen) atoms. The minimum absolute atomic E-state index is 0.0686. The SMILES string of the molecule is CCN(c1cccnc1)S(=O)(=O)c1ccc(SC(F)(F)F)cc1. The molecule has 0 unspecified atom stereocenters. The first-order valence-corrected chi connectivity index (χ1v) is 8.78. The van der Waals surface area contributed by atoms with Gasteiger partial charge in [0, 0.05) is 17.6 Å². The highest BCUT2D eigenvalue weighted by atomic mass is 32.2. The standard InChI is InChI=1S/C14H13F3N2O2S2/c1-2-19(11-4-3-9-18-10-11)23(20,21)13-7-5-12(6-8-13)22-14(15,16)17/h3-10H,2H2,1H3. The third kappa shape index (κ3) is 4.38. The molecule has 0 spiro atoms. The fourth-order valence-electron chi connectivity index (χ4n) is 1.93. The lowest BCUT2D eigenvalue weighted by atomic mass is 10.4. The van der Waals surface area contributed by atoms with Gasteiger partial charge in [0.15, 0.2) is 0 Å². The van der Waals surface area contributed by atoms with Gasteiger partial charge in [0.1, 0.15) is 0 Å². The number of pyridine rings is 1.